The standard InChI is InChI=1S/C19H19N3O3S/c1-12-15(13(2)22(21-12)14-7-5-4-6-8-14)11-17(23)20-18-10-9-16(26-18)19(24)25-3/h4-10H,11H2,1-3H3,(H,20,23). The molecule has 3 rings (SSSR count). The van der Waals surface area contributed by atoms with E-state index in [1.807, 2.05) is 48.9 Å². The molecule has 7 heteroatoms. The first-order valence-corrected chi connectivity index (χ1v) is 8.89. The van der Waals surface area contributed by atoms with Crippen molar-refractivity contribution in [2.75, 3.05) is 12.4 Å². The number of carbonyl (C=O) groups excluding carboxylic acids is 2. The van der Waals surface area contributed by atoms with Gasteiger partial charge >= 0.3 is 5.97 Å². The molecule has 0 saturated heterocycles. The van der Waals surface area contributed by atoms with Gasteiger partial charge in [-0.1, -0.05) is 18.2 Å². The Morgan fingerprint density at radius 3 is 2.58 bits per heavy atom. The summed E-state index contributed by atoms with van der Waals surface area (Å²) in [4.78, 5) is 24.4. The molecule has 0 aliphatic carbocycles. The minimum absolute atomic E-state index is 0.151. The van der Waals surface area contributed by atoms with Gasteiger partial charge in [0.05, 0.1) is 29.9 Å². The number of methoxy groups -OCH3 is 1. The topological polar surface area (TPSA) is 73.2 Å². The van der Waals surface area contributed by atoms with Gasteiger partial charge < -0.3 is 10.1 Å². The van der Waals surface area contributed by atoms with Crippen molar-refractivity contribution in [3.8, 4) is 5.69 Å². The smallest absolute Gasteiger partial charge is 0.348 e. The van der Waals surface area contributed by atoms with Crippen LogP contribution in [0.25, 0.3) is 5.69 Å². The fraction of sp³-hybridized carbons (Fsp3) is 0.211. The Morgan fingerprint density at radius 1 is 1.15 bits per heavy atom. The van der Waals surface area contributed by atoms with E-state index < -0.39 is 5.97 Å². The number of esters is 1. The number of aromatic nitrogens is 2. The number of thiophene rings is 1. The molecular formula is C19H19N3O3S. The summed E-state index contributed by atoms with van der Waals surface area (Å²) in [6.45, 7) is 3.85. The highest BCUT2D eigenvalue weighted by Gasteiger charge is 2.17. The molecular weight excluding hydrogens is 350 g/mol. The van der Waals surface area contributed by atoms with Gasteiger partial charge in [-0.05, 0) is 38.1 Å². The van der Waals surface area contributed by atoms with Crippen molar-refractivity contribution in [1.29, 1.82) is 0 Å². The average molecular weight is 369 g/mol. The molecule has 1 amide bonds. The molecule has 2 heterocycles. The summed E-state index contributed by atoms with van der Waals surface area (Å²) in [5.74, 6) is -0.562. The SMILES string of the molecule is COC(=O)c1ccc(NC(=O)Cc2c(C)nn(-c3ccccc3)c2C)s1. The molecule has 3 aromatic rings. The molecule has 6 nitrogen and oxygen atoms in total. The van der Waals surface area contributed by atoms with Crippen LogP contribution in [0, 0.1) is 13.8 Å². The van der Waals surface area contributed by atoms with Crippen LogP contribution in [0.15, 0.2) is 42.5 Å². The van der Waals surface area contributed by atoms with Gasteiger partial charge in [-0.2, -0.15) is 5.10 Å². The van der Waals surface area contributed by atoms with Crippen LogP contribution < -0.4 is 5.32 Å². The van der Waals surface area contributed by atoms with Crippen molar-refractivity contribution >= 4 is 28.2 Å². The van der Waals surface area contributed by atoms with Crippen molar-refractivity contribution in [3.05, 3.63) is 64.3 Å². The lowest BCUT2D eigenvalue weighted by molar-refractivity contribution is -0.115. The number of ether oxygens (including phenoxy) is 1. The van der Waals surface area contributed by atoms with E-state index in [4.69, 9.17) is 0 Å². The van der Waals surface area contributed by atoms with E-state index in [0.29, 0.717) is 9.88 Å². The van der Waals surface area contributed by atoms with Gasteiger partial charge in [0.1, 0.15) is 4.88 Å². The van der Waals surface area contributed by atoms with Crippen molar-refractivity contribution in [2.24, 2.45) is 0 Å². The highest BCUT2D eigenvalue weighted by Crippen LogP contribution is 2.23. The highest BCUT2D eigenvalue weighted by molar-refractivity contribution is 7.18. The van der Waals surface area contributed by atoms with Gasteiger partial charge in [-0.15, -0.1) is 11.3 Å². The predicted molar refractivity (Wildman–Crippen MR) is 101 cm³/mol. The van der Waals surface area contributed by atoms with Crippen molar-refractivity contribution < 1.29 is 14.3 Å². The molecule has 0 aliphatic rings. The number of benzene rings is 1. The van der Waals surface area contributed by atoms with Crippen LogP contribution in [-0.4, -0.2) is 28.8 Å². The van der Waals surface area contributed by atoms with Crippen molar-refractivity contribution in [1.82, 2.24) is 9.78 Å². The number of nitrogens with one attached hydrogen (secondary N) is 1. The quantitative estimate of drug-likeness (QED) is 0.699. The molecule has 0 atom stereocenters. The third kappa shape index (κ3) is 3.67. The van der Waals surface area contributed by atoms with Crippen LogP contribution >= 0.6 is 11.3 Å². The zero-order valence-corrected chi connectivity index (χ0v) is 15.6. The molecule has 0 spiro atoms. The molecule has 2 aromatic heterocycles. The summed E-state index contributed by atoms with van der Waals surface area (Å²) in [5.41, 5.74) is 3.62. The number of hydrogen-bond acceptors (Lipinski definition) is 5. The van der Waals surface area contributed by atoms with E-state index >= 15 is 0 Å². The molecule has 0 aliphatic heterocycles. The van der Waals surface area contributed by atoms with E-state index in [2.05, 4.69) is 15.2 Å². The Bertz CT molecular complexity index is 944. The number of para-hydroxylation sites is 1. The largest absolute Gasteiger partial charge is 0.465 e. The van der Waals surface area contributed by atoms with Crippen LogP contribution in [0.5, 0.6) is 0 Å². The molecule has 1 aromatic carbocycles. The molecule has 134 valence electrons. The second kappa shape index (κ2) is 7.53. The van der Waals surface area contributed by atoms with E-state index in [0.717, 1.165) is 22.6 Å². The number of rotatable bonds is 5. The third-order valence-corrected chi connectivity index (χ3v) is 5.02. The summed E-state index contributed by atoms with van der Waals surface area (Å²) >= 11 is 1.19. The maximum absolute atomic E-state index is 12.4. The first kappa shape index (κ1) is 17.9. The molecule has 0 saturated carbocycles. The summed E-state index contributed by atoms with van der Waals surface area (Å²) < 4.78 is 6.52. The minimum atomic E-state index is -0.411. The molecule has 0 unspecified atom stereocenters. The summed E-state index contributed by atoms with van der Waals surface area (Å²) in [6.07, 6.45) is 0.218. The number of nitrogens with zero attached hydrogens (tertiary/aromatic N) is 2. The van der Waals surface area contributed by atoms with Crippen molar-refractivity contribution in [3.63, 3.8) is 0 Å². The van der Waals surface area contributed by atoms with E-state index in [-0.39, 0.29) is 12.3 Å². The Kier molecular flexibility index (Phi) is 5.18. The monoisotopic (exact) mass is 369 g/mol. The zero-order valence-electron chi connectivity index (χ0n) is 14.8. The fourth-order valence-corrected chi connectivity index (χ4v) is 3.55. The summed E-state index contributed by atoms with van der Waals surface area (Å²) in [5, 5.41) is 8.00. The summed E-state index contributed by atoms with van der Waals surface area (Å²) in [6, 6.07) is 13.1. The Labute approximate surface area is 155 Å². The fourth-order valence-electron chi connectivity index (χ4n) is 2.71. The molecule has 1 N–H and O–H groups in total. The highest BCUT2D eigenvalue weighted by atomic mass is 32.1. The minimum Gasteiger partial charge on any atom is -0.465 e. The van der Waals surface area contributed by atoms with Gasteiger partial charge in [0.2, 0.25) is 5.91 Å². The second-order valence-electron chi connectivity index (χ2n) is 5.78. The third-order valence-electron chi connectivity index (χ3n) is 4.03. The number of hydrogen-bond donors (Lipinski definition) is 1. The van der Waals surface area contributed by atoms with E-state index in [1.54, 1.807) is 12.1 Å². The maximum Gasteiger partial charge on any atom is 0.348 e. The van der Waals surface area contributed by atoms with E-state index in [9.17, 15) is 9.59 Å². The molecule has 26 heavy (non-hydrogen) atoms. The first-order valence-electron chi connectivity index (χ1n) is 8.08. The lowest BCUT2D eigenvalue weighted by atomic mass is 10.1. The average Bonchev–Trinajstić information content (AvgIpc) is 3.21. The number of carbonyl (C=O) groups is 2. The van der Waals surface area contributed by atoms with Crippen LogP contribution in [0.1, 0.15) is 26.6 Å². The van der Waals surface area contributed by atoms with Gasteiger partial charge in [0.25, 0.3) is 0 Å². The Balaban J connectivity index is 1.75. The zero-order chi connectivity index (χ0) is 18.7. The number of aryl methyl sites for hydroxylation is 1. The van der Waals surface area contributed by atoms with Gasteiger partial charge in [-0.25, -0.2) is 9.48 Å². The van der Waals surface area contributed by atoms with Gasteiger partial charge in [0, 0.05) is 11.3 Å². The second-order valence-corrected chi connectivity index (χ2v) is 6.86. The molecule has 0 fully saturated rings. The maximum atomic E-state index is 12.4. The first-order chi connectivity index (χ1) is 12.5. The van der Waals surface area contributed by atoms with Gasteiger partial charge in [0.15, 0.2) is 0 Å². The lowest BCUT2D eigenvalue weighted by Crippen LogP contribution is -2.14. The van der Waals surface area contributed by atoms with E-state index in [1.165, 1.54) is 18.4 Å². The van der Waals surface area contributed by atoms with Crippen molar-refractivity contribution in [2.45, 2.75) is 20.3 Å². The van der Waals surface area contributed by atoms with Crippen LogP contribution in [-0.2, 0) is 16.0 Å². The normalized spacial score (nSPS) is 10.6. The Morgan fingerprint density at radius 2 is 1.88 bits per heavy atom. The molecule has 0 radical (unpaired) electrons. The molecule has 0 bridgehead atoms. The van der Waals surface area contributed by atoms with Crippen LogP contribution in [0.4, 0.5) is 5.00 Å². The number of amides is 1. The summed E-state index contributed by atoms with van der Waals surface area (Å²) in [7, 11) is 1.33. The lowest BCUT2D eigenvalue weighted by Gasteiger charge is -2.06. The Hall–Kier alpha value is -2.93. The number of anilines is 1. The van der Waals surface area contributed by atoms with Gasteiger partial charge in [-0.3, -0.25) is 4.79 Å². The van der Waals surface area contributed by atoms with Crippen LogP contribution in [0.2, 0.25) is 0 Å². The van der Waals surface area contributed by atoms with Crippen LogP contribution in [0.3, 0.4) is 0 Å². The predicted octanol–water partition coefficient (Wildman–Crippen LogP) is 3.52.